The lowest BCUT2D eigenvalue weighted by atomic mass is 10.0. The number of aryl methyl sites for hydroxylation is 1. The van der Waals surface area contributed by atoms with Gasteiger partial charge in [-0.15, -0.1) is 0 Å². The molecule has 192 valence electrons. The van der Waals surface area contributed by atoms with Gasteiger partial charge in [0, 0.05) is 35.1 Å². The van der Waals surface area contributed by atoms with Crippen LogP contribution in [0.3, 0.4) is 0 Å². The van der Waals surface area contributed by atoms with Crippen LogP contribution in [0, 0.1) is 17.0 Å². The predicted molar refractivity (Wildman–Crippen MR) is 142 cm³/mol. The Morgan fingerprint density at radius 1 is 1.14 bits per heavy atom. The summed E-state index contributed by atoms with van der Waals surface area (Å²) in [6.45, 7) is 5.62. The van der Waals surface area contributed by atoms with E-state index in [4.69, 9.17) is 37.8 Å². The molecule has 0 fully saturated rings. The molecule has 9 nitrogen and oxygen atoms in total. The smallest absolute Gasteiger partial charge is 0.258 e. The monoisotopic (exact) mass is 578 g/mol. The Labute approximate surface area is 228 Å². The molecule has 1 unspecified atom stereocenters. The normalized spacial score (nSPS) is 11.5. The van der Waals surface area contributed by atoms with Crippen LogP contribution >= 0.6 is 34.5 Å². The zero-order chi connectivity index (χ0) is 27.3. The fourth-order valence-electron chi connectivity index (χ4n) is 3.38. The van der Waals surface area contributed by atoms with Gasteiger partial charge in [0.25, 0.3) is 5.69 Å². The van der Waals surface area contributed by atoms with Crippen LogP contribution < -0.4 is 0 Å². The number of nitro groups is 1. The van der Waals surface area contributed by atoms with E-state index in [1.165, 1.54) is 17.4 Å². The van der Waals surface area contributed by atoms with E-state index in [-0.39, 0.29) is 22.0 Å². The second kappa shape index (κ2) is 12.4. The van der Waals surface area contributed by atoms with Gasteiger partial charge in [0.15, 0.2) is 0 Å². The van der Waals surface area contributed by atoms with Crippen molar-refractivity contribution in [2.45, 2.75) is 36.7 Å². The molecule has 2 aromatic carbocycles. The lowest BCUT2D eigenvalue weighted by Gasteiger charge is -2.06. The number of benzene rings is 2. The highest BCUT2D eigenvalue weighted by Gasteiger charge is 2.23. The van der Waals surface area contributed by atoms with Crippen LogP contribution in [0.5, 0.6) is 0 Å². The first kappa shape index (κ1) is 28.4. The van der Waals surface area contributed by atoms with E-state index in [1.807, 2.05) is 27.0 Å². The van der Waals surface area contributed by atoms with Gasteiger partial charge in [0.05, 0.1) is 37.2 Å². The molecule has 2 aromatic heterocycles. The summed E-state index contributed by atoms with van der Waals surface area (Å²) in [4.78, 5) is 32.0. The average Bonchev–Trinajstić information content (AvgIpc) is 3.45. The van der Waals surface area contributed by atoms with Crippen LogP contribution in [-0.4, -0.2) is 35.3 Å². The maximum Gasteiger partial charge on any atom is 0.373 e. The minimum absolute atomic E-state index is 0.0698. The highest BCUT2D eigenvalue weighted by molar-refractivity contribution is 7.88. The van der Waals surface area contributed by atoms with Crippen LogP contribution in [0.2, 0.25) is 10.0 Å². The Hall–Kier alpha value is -3.21. The molecule has 0 aliphatic heterocycles. The molecule has 0 amide bonds. The van der Waals surface area contributed by atoms with E-state index in [0.29, 0.717) is 42.6 Å². The fraction of sp³-hybridized carbons (Fsp3) is 0.208. The van der Waals surface area contributed by atoms with Crippen molar-refractivity contribution in [1.29, 1.82) is 0 Å². The first-order chi connectivity index (χ1) is 17.6. The number of thiazole rings is 1. The van der Waals surface area contributed by atoms with Crippen molar-refractivity contribution in [3.8, 4) is 16.4 Å². The molecule has 4 rings (SSSR count). The van der Waals surface area contributed by atoms with Crippen molar-refractivity contribution in [2.75, 3.05) is 0 Å². The first-order valence-corrected chi connectivity index (χ1v) is 13.5. The highest BCUT2D eigenvalue weighted by Crippen LogP contribution is 2.37. The van der Waals surface area contributed by atoms with Crippen LogP contribution in [0.25, 0.3) is 16.4 Å². The lowest BCUT2D eigenvalue weighted by molar-refractivity contribution is -0.385. The van der Waals surface area contributed by atoms with E-state index < -0.39 is 10.8 Å². The summed E-state index contributed by atoms with van der Waals surface area (Å²) < 4.78 is 15.3. The number of aromatic nitrogens is 3. The summed E-state index contributed by atoms with van der Waals surface area (Å²) in [7, 11) is -1.29. The Morgan fingerprint density at radius 3 is 2.43 bits per heavy atom. The average molecular weight is 579 g/mol. The zero-order valence-corrected chi connectivity index (χ0v) is 23.0. The van der Waals surface area contributed by atoms with Gasteiger partial charge in [-0.3, -0.25) is 14.3 Å². The van der Waals surface area contributed by atoms with Gasteiger partial charge in [-0.2, -0.15) is 14.7 Å². The highest BCUT2D eigenvalue weighted by atomic mass is 35.5. The summed E-state index contributed by atoms with van der Waals surface area (Å²) >= 11 is 13.6. The lowest BCUT2D eigenvalue weighted by Crippen LogP contribution is -2.05. The number of halogens is 2. The maximum atomic E-state index is 13.1. The number of carbonyl (C=O) groups excluding carboxylic acids is 2. The van der Waals surface area contributed by atoms with Gasteiger partial charge in [-0.05, 0) is 24.6 Å². The second-order valence-electron chi connectivity index (χ2n) is 7.94. The van der Waals surface area contributed by atoms with E-state index in [9.17, 15) is 14.3 Å². The Kier molecular flexibility index (Phi) is 9.47. The minimum atomic E-state index is -1.29. The third-order valence-electron chi connectivity index (χ3n) is 5.15. The van der Waals surface area contributed by atoms with Gasteiger partial charge in [0.2, 0.25) is 5.13 Å². The molecule has 0 saturated carbocycles. The molecule has 13 heteroatoms. The van der Waals surface area contributed by atoms with Gasteiger partial charge >= 0.3 is 6.15 Å². The topological polar surface area (TPSA) is 125 Å². The van der Waals surface area contributed by atoms with Gasteiger partial charge in [-0.25, -0.2) is 9.67 Å². The van der Waals surface area contributed by atoms with Crippen LogP contribution in [-0.2, 0) is 26.8 Å². The van der Waals surface area contributed by atoms with Crippen LogP contribution in [0.15, 0.2) is 52.9 Å². The standard InChI is InChI=1S/C23H20Cl2N4O3S2.CO2/c1-13(2)34(32)22-21(16-8-9-18(24)19(25)11-16)26-23(33-22)28-12-17(14(3)27-28)10-15-6-4-5-7-20(15)29(30)31;2-1-3/h4-9,11-13H,10H2,1-3H3;. The predicted octanol–water partition coefficient (Wildman–Crippen LogP) is 6.04. The molecule has 0 aliphatic carbocycles. The second-order valence-corrected chi connectivity index (χ2v) is 11.9. The minimum Gasteiger partial charge on any atom is -0.258 e. The van der Waals surface area contributed by atoms with Crippen molar-refractivity contribution >= 4 is 57.2 Å². The maximum absolute atomic E-state index is 13.1. The summed E-state index contributed by atoms with van der Waals surface area (Å²) in [5.74, 6) is 0. The summed E-state index contributed by atoms with van der Waals surface area (Å²) in [5.41, 5.74) is 3.53. The number of para-hydroxylation sites is 1. The Bertz CT molecular complexity index is 1510. The molecule has 2 heterocycles. The number of nitrogens with zero attached hydrogens (tertiary/aromatic N) is 4. The molecule has 0 radical (unpaired) electrons. The molecule has 4 aromatic rings. The van der Waals surface area contributed by atoms with Gasteiger partial charge in [0.1, 0.15) is 4.21 Å². The van der Waals surface area contributed by atoms with Crippen molar-refractivity contribution in [3.05, 3.63) is 85.6 Å². The fourth-order valence-corrected chi connectivity index (χ4v) is 6.34. The Balaban J connectivity index is 0.00000121. The molecular weight excluding hydrogens is 559 g/mol. The molecule has 37 heavy (non-hydrogen) atoms. The van der Waals surface area contributed by atoms with E-state index in [0.717, 1.165) is 11.3 Å². The summed E-state index contributed by atoms with van der Waals surface area (Å²) in [6, 6.07) is 11.8. The molecule has 0 bridgehead atoms. The van der Waals surface area contributed by atoms with Crippen LogP contribution in [0.1, 0.15) is 30.7 Å². The van der Waals surface area contributed by atoms with E-state index in [2.05, 4.69) is 5.10 Å². The molecule has 0 N–H and O–H groups in total. The van der Waals surface area contributed by atoms with Gasteiger partial charge < -0.3 is 0 Å². The summed E-state index contributed by atoms with van der Waals surface area (Å²) in [6.07, 6.45) is 2.42. The number of rotatable bonds is 7. The number of hydrogen-bond acceptors (Lipinski definition) is 8. The number of hydrogen-bond donors (Lipinski definition) is 0. The summed E-state index contributed by atoms with van der Waals surface area (Å²) in [5, 5.41) is 17.2. The molecule has 0 spiro atoms. The number of nitro benzene ring substituents is 1. The molecule has 0 aliphatic rings. The molecule has 0 saturated heterocycles. The quantitative estimate of drug-likeness (QED) is 0.193. The van der Waals surface area contributed by atoms with E-state index in [1.54, 1.807) is 41.1 Å². The van der Waals surface area contributed by atoms with Crippen molar-refractivity contribution in [3.63, 3.8) is 0 Å². The third-order valence-corrected chi connectivity index (χ3v) is 8.89. The largest absolute Gasteiger partial charge is 0.373 e. The van der Waals surface area contributed by atoms with Gasteiger partial charge in [-0.1, -0.05) is 72.7 Å². The SMILES string of the molecule is Cc1nn(-c2nc(-c3ccc(Cl)c(Cl)c3)c(S(=O)C(C)C)s2)cc1Cc1ccccc1[N+](=O)[O-].O=C=O. The van der Waals surface area contributed by atoms with Crippen LogP contribution in [0.4, 0.5) is 5.69 Å². The third kappa shape index (κ3) is 6.57. The zero-order valence-electron chi connectivity index (χ0n) is 19.8. The van der Waals surface area contributed by atoms with Crippen molar-refractivity contribution < 1.29 is 18.7 Å². The van der Waals surface area contributed by atoms with Crippen molar-refractivity contribution in [2.24, 2.45) is 0 Å². The molecular formula is C24H20Cl2N4O5S2. The molecule has 1 atom stereocenters. The first-order valence-electron chi connectivity index (χ1n) is 10.7. The Morgan fingerprint density at radius 2 is 1.81 bits per heavy atom. The van der Waals surface area contributed by atoms with E-state index >= 15 is 0 Å². The van der Waals surface area contributed by atoms with Crippen molar-refractivity contribution in [1.82, 2.24) is 14.8 Å².